The van der Waals surface area contributed by atoms with Gasteiger partial charge in [-0.15, -0.1) is 11.3 Å². The molecule has 0 aliphatic heterocycles. The number of carbonyl (C=O) groups is 1. The molecule has 0 aliphatic carbocycles. The molecule has 0 fully saturated rings. The minimum absolute atomic E-state index is 0.227. The summed E-state index contributed by atoms with van der Waals surface area (Å²) in [6.07, 6.45) is 4.96. The van der Waals surface area contributed by atoms with Crippen molar-refractivity contribution in [1.29, 1.82) is 0 Å². The highest BCUT2D eigenvalue weighted by Gasteiger charge is 2.08. The van der Waals surface area contributed by atoms with Crippen LogP contribution in [0.5, 0.6) is 0 Å². The van der Waals surface area contributed by atoms with Gasteiger partial charge in [0.15, 0.2) is 10.1 Å². The summed E-state index contributed by atoms with van der Waals surface area (Å²) in [5.41, 5.74) is 1.41. The van der Waals surface area contributed by atoms with Gasteiger partial charge in [0.2, 0.25) is 5.91 Å². The van der Waals surface area contributed by atoms with E-state index in [0.29, 0.717) is 10.8 Å². The topological polar surface area (TPSA) is 46.4 Å². The first kappa shape index (κ1) is 14.3. The number of nitrogens with one attached hydrogen (secondary N) is 1. The third kappa shape index (κ3) is 3.18. The summed E-state index contributed by atoms with van der Waals surface area (Å²) in [6, 6.07) is 7.39. The van der Waals surface area contributed by atoms with Crippen molar-refractivity contribution in [3.63, 3.8) is 0 Å². The molecule has 0 saturated heterocycles. The van der Waals surface area contributed by atoms with Crippen LogP contribution in [-0.4, -0.2) is 15.3 Å². The average Bonchev–Trinajstić information content (AvgIpc) is 2.97. The summed E-state index contributed by atoms with van der Waals surface area (Å²) in [5, 5.41) is 5.08. The number of benzene rings is 1. The summed E-state index contributed by atoms with van der Waals surface area (Å²) in [7, 11) is 0. The molecule has 7 heteroatoms. The Hall–Kier alpha value is -1.63. The standard InChI is InChI=1S/C14H9BrClN3OS/c15-9-2-1-3-10(8-9)17-12(20)5-4-11-13(16)18-14-19(11)6-7-21-14/h1-8H,(H,17,20)/b5-4+. The molecule has 0 saturated carbocycles. The van der Waals surface area contributed by atoms with Crippen LogP contribution in [0.25, 0.3) is 11.0 Å². The van der Waals surface area contributed by atoms with E-state index in [0.717, 1.165) is 15.1 Å². The molecule has 1 amide bonds. The lowest BCUT2D eigenvalue weighted by atomic mass is 10.3. The molecule has 1 N–H and O–H groups in total. The second-order valence-electron chi connectivity index (χ2n) is 4.18. The van der Waals surface area contributed by atoms with Gasteiger partial charge >= 0.3 is 0 Å². The van der Waals surface area contributed by atoms with Crippen LogP contribution in [0.1, 0.15) is 5.69 Å². The van der Waals surface area contributed by atoms with Crippen molar-refractivity contribution in [3.8, 4) is 0 Å². The molecule has 21 heavy (non-hydrogen) atoms. The van der Waals surface area contributed by atoms with Crippen molar-refractivity contribution in [1.82, 2.24) is 9.38 Å². The molecule has 1 aromatic carbocycles. The van der Waals surface area contributed by atoms with Crippen LogP contribution < -0.4 is 5.32 Å². The number of hydrogen-bond acceptors (Lipinski definition) is 3. The lowest BCUT2D eigenvalue weighted by Gasteiger charge is -2.02. The van der Waals surface area contributed by atoms with Gasteiger partial charge in [0, 0.05) is 27.8 Å². The summed E-state index contributed by atoms with van der Waals surface area (Å²) in [4.78, 5) is 16.9. The Morgan fingerprint density at radius 3 is 3.14 bits per heavy atom. The number of nitrogens with zero attached hydrogens (tertiary/aromatic N) is 2. The molecule has 106 valence electrons. The first-order chi connectivity index (χ1) is 10.1. The highest BCUT2D eigenvalue weighted by molar-refractivity contribution is 9.10. The Balaban J connectivity index is 1.78. The zero-order valence-electron chi connectivity index (χ0n) is 10.6. The van der Waals surface area contributed by atoms with E-state index in [1.54, 1.807) is 6.08 Å². The highest BCUT2D eigenvalue weighted by atomic mass is 79.9. The first-order valence-electron chi connectivity index (χ1n) is 5.99. The SMILES string of the molecule is O=C(/C=C/c1c(Cl)nc2sccn12)Nc1cccc(Br)c1. The van der Waals surface area contributed by atoms with Gasteiger partial charge in [0.25, 0.3) is 0 Å². The maximum atomic E-state index is 11.9. The summed E-state index contributed by atoms with van der Waals surface area (Å²) < 4.78 is 2.75. The van der Waals surface area contributed by atoms with Gasteiger partial charge in [-0.1, -0.05) is 33.6 Å². The van der Waals surface area contributed by atoms with Crippen LogP contribution in [-0.2, 0) is 4.79 Å². The van der Waals surface area contributed by atoms with Gasteiger partial charge in [-0.2, -0.15) is 0 Å². The van der Waals surface area contributed by atoms with E-state index in [1.807, 2.05) is 40.2 Å². The average molecular weight is 383 g/mol. The lowest BCUT2D eigenvalue weighted by Crippen LogP contribution is -2.07. The van der Waals surface area contributed by atoms with Crippen LogP contribution in [0, 0.1) is 0 Å². The molecular formula is C14H9BrClN3OS. The number of amides is 1. The fourth-order valence-corrected chi connectivity index (χ4v) is 3.24. The van der Waals surface area contributed by atoms with E-state index in [4.69, 9.17) is 11.6 Å². The Labute approximate surface area is 138 Å². The second kappa shape index (κ2) is 6.01. The molecule has 0 aliphatic rings. The molecule has 0 atom stereocenters. The molecule has 2 heterocycles. The van der Waals surface area contributed by atoms with Gasteiger partial charge in [-0.05, 0) is 24.3 Å². The van der Waals surface area contributed by atoms with E-state index in [-0.39, 0.29) is 5.91 Å². The minimum Gasteiger partial charge on any atom is -0.322 e. The maximum absolute atomic E-state index is 11.9. The molecule has 0 bridgehead atoms. The van der Waals surface area contributed by atoms with Crippen molar-refractivity contribution in [2.45, 2.75) is 0 Å². The number of fused-ring (bicyclic) bond motifs is 1. The normalized spacial score (nSPS) is 11.3. The quantitative estimate of drug-likeness (QED) is 0.680. The number of aromatic nitrogens is 2. The molecular weight excluding hydrogens is 374 g/mol. The van der Waals surface area contributed by atoms with Crippen molar-refractivity contribution in [2.75, 3.05) is 5.32 Å². The van der Waals surface area contributed by atoms with Gasteiger partial charge in [-0.3, -0.25) is 9.20 Å². The minimum atomic E-state index is -0.227. The largest absolute Gasteiger partial charge is 0.322 e. The summed E-state index contributed by atoms with van der Waals surface area (Å²) in [5.74, 6) is -0.227. The predicted molar refractivity (Wildman–Crippen MR) is 89.9 cm³/mol. The number of imidazole rings is 1. The summed E-state index contributed by atoms with van der Waals surface area (Å²) >= 11 is 10.9. The van der Waals surface area contributed by atoms with Gasteiger partial charge in [0.1, 0.15) is 0 Å². The first-order valence-corrected chi connectivity index (χ1v) is 8.04. The molecule has 0 unspecified atom stereocenters. The Kier molecular flexibility index (Phi) is 4.10. The van der Waals surface area contributed by atoms with Gasteiger partial charge in [0.05, 0.1) is 5.69 Å². The number of halogens is 2. The van der Waals surface area contributed by atoms with Gasteiger partial charge in [-0.25, -0.2) is 4.98 Å². The van der Waals surface area contributed by atoms with E-state index in [1.165, 1.54) is 17.4 Å². The van der Waals surface area contributed by atoms with E-state index >= 15 is 0 Å². The molecule has 0 radical (unpaired) electrons. The van der Waals surface area contributed by atoms with Crippen LogP contribution in [0.4, 0.5) is 5.69 Å². The van der Waals surface area contributed by atoms with E-state index < -0.39 is 0 Å². The van der Waals surface area contributed by atoms with Crippen LogP contribution in [0.2, 0.25) is 5.15 Å². The van der Waals surface area contributed by atoms with Gasteiger partial charge < -0.3 is 5.32 Å². The van der Waals surface area contributed by atoms with E-state index in [2.05, 4.69) is 26.2 Å². The molecule has 2 aromatic heterocycles. The van der Waals surface area contributed by atoms with Crippen molar-refractivity contribution in [2.24, 2.45) is 0 Å². The monoisotopic (exact) mass is 381 g/mol. The van der Waals surface area contributed by atoms with Crippen LogP contribution in [0.15, 0.2) is 46.4 Å². The lowest BCUT2D eigenvalue weighted by molar-refractivity contribution is -0.111. The Bertz CT molecular complexity index is 840. The smallest absolute Gasteiger partial charge is 0.248 e. The maximum Gasteiger partial charge on any atom is 0.248 e. The Morgan fingerprint density at radius 1 is 1.48 bits per heavy atom. The fraction of sp³-hybridized carbons (Fsp3) is 0. The fourth-order valence-electron chi connectivity index (χ4n) is 1.83. The number of carbonyl (C=O) groups excluding carboxylic acids is 1. The zero-order chi connectivity index (χ0) is 14.8. The third-order valence-electron chi connectivity index (χ3n) is 2.74. The number of hydrogen-bond donors (Lipinski definition) is 1. The summed E-state index contributed by atoms with van der Waals surface area (Å²) in [6.45, 7) is 0. The zero-order valence-corrected chi connectivity index (χ0v) is 13.7. The number of thiazole rings is 1. The van der Waals surface area contributed by atoms with Crippen molar-refractivity contribution >= 4 is 61.5 Å². The molecule has 3 rings (SSSR count). The molecule has 4 nitrogen and oxygen atoms in total. The van der Waals surface area contributed by atoms with E-state index in [9.17, 15) is 4.79 Å². The number of rotatable bonds is 3. The second-order valence-corrected chi connectivity index (χ2v) is 6.32. The number of anilines is 1. The predicted octanol–water partition coefficient (Wildman–Crippen LogP) is 4.46. The Morgan fingerprint density at radius 2 is 2.33 bits per heavy atom. The highest BCUT2D eigenvalue weighted by Crippen LogP contribution is 2.22. The third-order valence-corrected chi connectivity index (χ3v) is 4.27. The van der Waals surface area contributed by atoms with Crippen LogP contribution in [0.3, 0.4) is 0 Å². The van der Waals surface area contributed by atoms with Crippen molar-refractivity contribution in [3.05, 3.63) is 57.2 Å². The van der Waals surface area contributed by atoms with Crippen LogP contribution >= 0.6 is 38.9 Å². The molecule has 3 aromatic rings. The molecule has 0 spiro atoms. The van der Waals surface area contributed by atoms with Crippen molar-refractivity contribution < 1.29 is 4.79 Å².